The molecule has 0 aliphatic carbocycles. The first-order valence-electron chi connectivity index (χ1n) is 11.0. The van der Waals surface area contributed by atoms with Crippen LogP contribution in [0.25, 0.3) is 10.8 Å². The van der Waals surface area contributed by atoms with Crippen molar-refractivity contribution in [3.63, 3.8) is 0 Å². The van der Waals surface area contributed by atoms with Crippen LogP contribution in [0.15, 0.2) is 54.7 Å². The maximum atomic E-state index is 13.9. The predicted octanol–water partition coefficient (Wildman–Crippen LogP) is 2.35. The fourth-order valence-electron chi connectivity index (χ4n) is 3.22. The molecule has 5 N–H and O–H groups in total. The fraction of sp³-hybridized carbons (Fsp3) is 0.250. The van der Waals surface area contributed by atoms with Gasteiger partial charge in [0.25, 0.3) is 0 Å². The monoisotopic (exact) mass is 500 g/mol. The number of carbonyl (C=O) groups is 3. The summed E-state index contributed by atoms with van der Waals surface area (Å²) in [5.41, 5.74) is 5.27. The number of fused-ring (bicyclic) bond motifs is 1. The lowest BCUT2D eigenvalue weighted by atomic mass is 10.2. The van der Waals surface area contributed by atoms with Crippen molar-refractivity contribution in [3.05, 3.63) is 71.9 Å². The molecule has 0 unspecified atom stereocenters. The van der Waals surface area contributed by atoms with Crippen molar-refractivity contribution in [1.29, 1.82) is 0 Å². The van der Waals surface area contributed by atoms with Crippen molar-refractivity contribution >= 4 is 34.6 Å². The molecule has 0 fully saturated rings. The van der Waals surface area contributed by atoms with E-state index in [2.05, 4.69) is 20.9 Å². The summed E-state index contributed by atoms with van der Waals surface area (Å²) in [5.74, 6) is -2.29. The van der Waals surface area contributed by atoms with E-state index in [1.54, 1.807) is 12.3 Å². The van der Waals surface area contributed by atoms with E-state index in [0.29, 0.717) is 0 Å². The predicted molar refractivity (Wildman–Crippen MR) is 129 cm³/mol. The molecule has 36 heavy (non-hydrogen) atoms. The van der Waals surface area contributed by atoms with Crippen molar-refractivity contribution in [1.82, 2.24) is 20.5 Å². The molecule has 1 atom stereocenters. The third kappa shape index (κ3) is 7.09. The van der Waals surface area contributed by atoms with E-state index in [-0.39, 0.29) is 37.6 Å². The second-order valence-electron chi connectivity index (χ2n) is 7.78. The van der Waals surface area contributed by atoms with E-state index in [1.165, 1.54) is 24.1 Å². The van der Waals surface area contributed by atoms with Gasteiger partial charge in [-0.15, -0.1) is 0 Å². The molecule has 1 heterocycles. The molecule has 12 heteroatoms. The van der Waals surface area contributed by atoms with Gasteiger partial charge in [-0.2, -0.15) is 0 Å². The number of halogens is 2. The minimum atomic E-state index is -1.06. The highest BCUT2D eigenvalue weighted by atomic mass is 19.2. The Morgan fingerprint density at radius 3 is 2.58 bits per heavy atom. The number of anilines is 1. The number of hydrogen-bond acceptors (Lipinski definition) is 6. The molecule has 0 spiro atoms. The highest BCUT2D eigenvalue weighted by Crippen LogP contribution is 2.16. The Bertz CT molecular complexity index is 1240. The Morgan fingerprint density at radius 2 is 1.83 bits per heavy atom. The van der Waals surface area contributed by atoms with Gasteiger partial charge in [0.15, 0.2) is 11.6 Å². The Balaban J connectivity index is 1.60. The van der Waals surface area contributed by atoms with Crippen LogP contribution in [0.2, 0.25) is 0 Å². The van der Waals surface area contributed by atoms with E-state index < -0.39 is 35.7 Å². The van der Waals surface area contributed by atoms with Gasteiger partial charge < -0.3 is 26.0 Å². The molecule has 10 nitrogen and oxygen atoms in total. The normalized spacial score (nSPS) is 11.4. The summed E-state index contributed by atoms with van der Waals surface area (Å²) in [6.07, 6.45) is 0.791. The average Bonchev–Trinajstić information content (AvgIpc) is 2.88. The second kappa shape index (κ2) is 12.4. The van der Waals surface area contributed by atoms with Crippen molar-refractivity contribution in [2.24, 2.45) is 5.73 Å². The number of nitrogens with one attached hydrogen (secondary N) is 3. The highest BCUT2D eigenvalue weighted by molar-refractivity contribution is 5.89. The number of aromatic nitrogens is 1. The number of amides is 4. The molecule has 1 aromatic heterocycles. The van der Waals surface area contributed by atoms with E-state index in [0.717, 1.165) is 16.8 Å². The number of hydrogen-bond donors (Lipinski definition) is 4. The molecule has 4 amide bonds. The van der Waals surface area contributed by atoms with Crippen LogP contribution < -0.4 is 21.7 Å². The van der Waals surface area contributed by atoms with Crippen LogP contribution in [0, 0.1) is 11.6 Å². The number of carbonyl (C=O) groups excluding carboxylic acids is 3. The minimum absolute atomic E-state index is 0.0387. The third-order valence-corrected chi connectivity index (χ3v) is 5.32. The van der Waals surface area contributed by atoms with E-state index in [4.69, 9.17) is 10.5 Å². The van der Waals surface area contributed by atoms with Crippen LogP contribution in [-0.4, -0.2) is 60.7 Å². The topological polar surface area (TPSA) is 139 Å². The van der Waals surface area contributed by atoms with Gasteiger partial charge in [0, 0.05) is 37.3 Å². The number of nitrogens with zero attached hydrogens (tertiary/aromatic N) is 2. The second-order valence-corrected chi connectivity index (χ2v) is 7.78. The van der Waals surface area contributed by atoms with Gasteiger partial charge in [-0.25, -0.2) is 23.4 Å². The first kappa shape index (κ1) is 26.3. The number of ether oxygens (including phenoxy) is 1. The lowest BCUT2D eigenvalue weighted by Gasteiger charge is -2.28. The molecule has 0 saturated carbocycles. The average molecular weight is 501 g/mol. The van der Waals surface area contributed by atoms with Crippen LogP contribution in [0.4, 0.5) is 24.2 Å². The summed E-state index contributed by atoms with van der Waals surface area (Å²) in [6.45, 7) is -0.904. The van der Waals surface area contributed by atoms with Gasteiger partial charge in [-0.05, 0) is 17.5 Å². The maximum absolute atomic E-state index is 13.9. The van der Waals surface area contributed by atoms with Crippen LogP contribution >= 0.6 is 0 Å². The zero-order chi connectivity index (χ0) is 26.1. The van der Waals surface area contributed by atoms with Crippen LogP contribution in [0.1, 0.15) is 5.56 Å². The smallest absolute Gasteiger partial charge is 0.412 e. The number of likely N-dealkylation sites (N-methyl/N-ethyl adjacent to an activating group) is 1. The fourth-order valence-corrected chi connectivity index (χ4v) is 3.22. The summed E-state index contributed by atoms with van der Waals surface area (Å²) in [6, 6.07) is 11.3. The van der Waals surface area contributed by atoms with Gasteiger partial charge in [0.05, 0.1) is 12.6 Å². The van der Waals surface area contributed by atoms with Gasteiger partial charge >= 0.3 is 12.1 Å². The largest absolute Gasteiger partial charge is 0.447 e. The van der Waals surface area contributed by atoms with E-state index >= 15 is 0 Å². The van der Waals surface area contributed by atoms with Gasteiger partial charge in [-0.3, -0.25) is 10.1 Å². The van der Waals surface area contributed by atoms with Crippen molar-refractivity contribution < 1.29 is 27.9 Å². The molecule has 3 rings (SSSR count). The molecular formula is C24H26F2N6O4. The third-order valence-electron chi connectivity index (χ3n) is 5.32. The van der Waals surface area contributed by atoms with Crippen LogP contribution in [0.5, 0.6) is 0 Å². The molecule has 2 aromatic carbocycles. The lowest BCUT2D eigenvalue weighted by Crippen LogP contribution is -2.51. The lowest BCUT2D eigenvalue weighted by molar-refractivity contribution is -0.119. The van der Waals surface area contributed by atoms with Gasteiger partial charge in [-0.1, -0.05) is 36.4 Å². The SMILES string of the molecule is CN(C(=O)NCc1cccc(F)c1F)[C@@H](CNC(=O)CN)COC(=O)Nc1cc2ccccc2cn1. The number of rotatable bonds is 9. The number of nitrogens with two attached hydrogens (primary N) is 1. The standard InChI is InChI=1S/C24H26F2N6O4/c1-32(23(34)30-12-17-7-4-8-19(25)22(17)26)18(13-29-21(33)10-27)14-36-24(35)31-20-9-15-5-2-3-6-16(15)11-28-20/h2-9,11,18H,10,12-14,27H2,1H3,(H,29,33)(H,30,34)(H,28,31,35)/t18-/m0/s1. The Kier molecular flexibility index (Phi) is 9.06. The minimum Gasteiger partial charge on any atom is -0.447 e. The molecule has 0 aliphatic rings. The number of benzene rings is 2. The number of pyridine rings is 1. The summed E-state index contributed by atoms with van der Waals surface area (Å²) < 4.78 is 32.5. The van der Waals surface area contributed by atoms with Gasteiger partial charge in [0.1, 0.15) is 12.4 Å². The first-order valence-corrected chi connectivity index (χ1v) is 11.0. The quantitative estimate of drug-likeness (QED) is 0.356. The Morgan fingerprint density at radius 1 is 1.08 bits per heavy atom. The molecule has 0 saturated heterocycles. The summed E-state index contributed by atoms with van der Waals surface area (Å²) >= 11 is 0. The zero-order valence-electron chi connectivity index (χ0n) is 19.5. The maximum Gasteiger partial charge on any atom is 0.412 e. The summed E-state index contributed by atoms with van der Waals surface area (Å²) in [4.78, 5) is 41.9. The van der Waals surface area contributed by atoms with Crippen LogP contribution in [-0.2, 0) is 16.1 Å². The molecular weight excluding hydrogens is 474 g/mol. The molecule has 0 radical (unpaired) electrons. The summed E-state index contributed by atoms with van der Waals surface area (Å²) in [7, 11) is 1.41. The van der Waals surface area contributed by atoms with E-state index in [1.807, 2.05) is 24.3 Å². The highest BCUT2D eigenvalue weighted by Gasteiger charge is 2.23. The first-order chi connectivity index (χ1) is 17.3. The van der Waals surface area contributed by atoms with Crippen molar-refractivity contribution in [2.45, 2.75) is 12.6 Å². The summed E-state index contributed by atoms with van der Waals surface area (Å²) in [5, 5.41) is 9.29. The van der Waals surface area contributed by atoms with Crippen LogP contribution in [0.3, 0.4) is 0 Å². The Hall–Kier alpha value is -4.32. The Labute approximate surface area is 205 Å². The van der Waals surface area contributed by atoms with Crippen molar-refractivity contribution in [2.75, 3.05) is 32.1 Å². The molecule has 0 aliphatic heterocycles. The zero-order valence-corrected chi connectivity index (χ0v) is 19.5. The molecule has 3 aromatic rings. The van der Waals surface area contributed by atoms with E-state index in [9.17, 15) is 23.2 Å². The van der Waals surface area contributed by atoms with Gasteiger partial charge in [0.2, 0.25) is 5.91 Å². The number of urea groups is 1. The molecule has 190 valence electrons. The molecule has 0 bridgehead atoms. The van der Waals surface area contributed by atoms with Crippen molar-refractivity contribution in [3.8, 4) is 0 Å².